The minimum absolute atomic E-state index is 0.107. The van der Waals surface area contributed by atoms with Crippen molar-refractivity contribution in [1.82, 2.24) is 0 Å². The van der Waals surface area contributed by atoms with E-state index >= 15 is 0 Å². The van der Waals surface area contributed by atoms with Crippen molar-refractivity contribution in [2.24, 2.45) is 5.92 Å². The predicted molar refractivity (Wildman–Crippen MR) is 98.4 cm³/mol. The third kappa shape index (κ3) is 4.84. The van der Waals surface area contributed by atoms with Gasteiger partial charge < -0.3 is 4.74 Å². The molecule has 0 bridgehead atoms. The molecule has 0 N–H and O–H groups in total. The lowest BCUT2D eigenvalue weighted by atomic mass is 9.88. The van der Waals surface area contributed by atoms with E-state index in [1.54, 1.807) is 49.4 Å². The van der Waals surface area contributed by atoms with Crippen molar-refractivity contribution in [2.75, 3.05) is 12.4 Å². The van der Waals surface area contributed by atoms with Gasteiger partial charge in [0.2, 0.25) is 0 Å². The summed E-state index contributed by atoms with van der Waals surface area (Å²) in [6.07, 6.45) is 0. The highest BCUT2D eigenvalue weighted by Gasteiger charge is 2.35. The molecule has 0 saturated heterocycles. The van der Waals surface area contributed by atoms with Crippen LogP contribution in [0.15, 0.2) is 59.5 Å². The Morgan fingerprint density at radius 2 is 1.77 bits per heavy atom. The van der Waals surface area contributed by atoms with Crippen LogP contribution in [-0.4, -0.2) is 26.7 Å². The summed E-state index contributed by atoms with van der Waals surface area (Å²) in [5.74, 6) is -3.25. The molecule has 2 rings (SSSR count). The number of esters is 1. The molecule has 0 aliphatic heterocycles. The molecular weight excluding hydrogens is 374 g/mol. The van der Waals surface area contributed by atoms with Crippen LogP contribution in [0.1, 0.15) is 18.4 Å². The smallest absolute Gasteiger partial charge is 0.323 e. The van der Waals surface area contributed by atoms with Gasteiger partial charge in [0.05, 0.1) is 23.3 Å². The third-order valence-corrected chi connectivity index (χ3v) is 5.92. The van der Waals surface area contributed by atoms with E-state index in [-0.39, 0.29) is 11.5 Å². The molecule has 0 saturated carbocycles. The summed E-state index contributed by atoms with van der Waals surface area (Å²) >= 11 is 5.90. The lowest BCUT2D eigenvalue weighted by molar-refractivity contribution is -0.146. The predicted octanol–water partition coefficient (Wildman–Crippen LogP) is 3.60. The van der Waals surface area contributed by atoms with Gasteiger partial charge in [0, 0.05) is 10.9 Å². The second-order valence-corrected chi connectivity index (χ2v) is 8.08. The van der Waals surface area contributed by atoms with Crippen LogP contribution in [0.2, 0.25) is 5.02 Å². The van der Waals surface area contributed by atoms with Crippen LogP contribution in [0.4, 0.5) is 0 Å². The molecule has 2 atom stereocenters. The Bertz CT molecular complexity index is 889. The molecule has 0 aliphatic rings. The van der Waals surface area contributed by atoms with E-state index in [1.807, 2.05) is 6.07 Å². The number of rotatable bonds is 7. The van der Waals surface area contributed by atoms with Gasteiger partial charge in [-0.05, 0) is 36.8 Å². The quantitative estimate of drug-likeness (QED) is 0.673. The maximum Gasteiger partial charge on any atom is 0.323 e. The van der Waals surface area contributed by atoms with E-state index < -0.39 is 33.4 Å². The zero-order chi connectivity index (χ0) is 19.2. The maximum atomic E-state index is 12.8. The van der Waals surface area contributed by atoms with Crippen molar-refractivity contribution in [3.8, 4) is 6.07 Å². The highest BCUT2D eigenvalue weighted by atomic mass is 35.5. The van der Waals surface area contributed by atoms with Gasteiger partial charge in [-0.3, -0.25) is 4.79 Å². The number of carbonyl (C=O) groups excluding carboxylic acids is 1. The van der Waals surface area contributed by atoms with E-state index in [4.69, 9.17) is 16.3 Å². The Hall–Kier alpha value is -2.36. The summed E-state index contributed by atoms with van der Waals surface area (Å²) in [6, 6.07) is 16.3. The van der Waals surface area contributed by atoms with Crippen LogP contribution >= 0.6 is 11.6 Å². The van der Waals surface area contributed by atoms with Crippen LogP contribution in [0.3, 0.4) is 0 Å². The second-order valence-electron chi connectivity index (χ2n) is 5.61. The lowest BCUT2D eigenvalue weighted by Crippen LogP contribution is -2.28. The van der Waals surface area contributed by atoms with Gasteiger partial charge in [-0.25, -0.2) is 8.42 Å². The van der Waals surface area contributed by atoms with Crippen LogP contribution in [-0.2, 0) is 19.4 Å². The molecule has 26 heavy (non-hydrogen) atoms. The Labute approximate surface area is 158 Å². The number of hydrogen-bond donors (Lipinski definition) is 0. The molecular formula is C19H18ClNO4S. The number of benzene rings is 2. The number of halogens is 1. The van der Waals surface area contributed by atoms with Crippen molar-refractivity contribution in [3.63, 3.8) is 0 Å². The number of hydrogen-bond acceptors (Lipinski definition) is 5. The average Bonchev–Trinajstić information content (AvgIpc) is 2.63. The summed E-state index contributed by atoms with van der Waals surface area (Å²) < 4.78 is 30.6. The van der Waals surface area contributed by atoms with Crippen molar-refractivity contribution in [2.45, 2.75) is 17.7 Å². The second kappa shape index (κ2) is 8.84. The van der Waals surface area contributed by atoms with Gasteiger partial charge in [-0.1, -0.05) is 41.9 Å². The van der Waals surface area contributed by atoms with E-state index in [1.165, 1.54) is 12.1 Å². The number of nitriles is 1. The van der Waals surface area contributed by atoms with Gasteiger partial charge in [0.25, 0.3) is 0 Å². The molecule has 136 valence electrons. The van der Waals surface area contributed by atoms with Crippen molar-refractivity contribution in [1.29, 1.82) is 5.26 Å². The van der Waals surface area contributed by atoms with Crippen molar-refractivity contribution in [3.05, 3.63) is 65.2 Å². The highest BCUT2D eigenvalue weighted by molar-refractivity contribution is 7.91. The van der Waals surface area contributed by atoms with E-state index in [0.29, 0.717) is 10.6 Å². The average molecular weight is 392 g/mol. The molecule has 2 unspecified atom stereocenters. The Morgan fingerprint density at radius 1 is 1.15 bits per heavy atom. The molecule has 2 aromatic carbocycles. The Balaban J connectivity index is 2.45. The number of ether oxygens (including phenoxy) is 1. The van der Waals surface area contributed by atoms with Gasteiger partial charge in [0.15, 0.2) is 15.8 Å². The summed E-state index contributed by atoms with van der Waals surface area (Å²) in [5, 5.41) is 9.98. The molecule has 0 aliphatic carbocycles. The standard InChI is InChI=1S/C19H18ClNO4S/c1-2-25-19(22)17(12-21)18(14-8-10-15(20)11-9-14)13-26(23,24)16-6-4-3-5-7-16/h3-11,17-18H,2,13H2,1H3. The SMILES string of the molecule is CCOC(=O)C(C#N)C(CS(=O)(=O)c1ccccc1)c1ccc(Cl)cc1. The minimum atomic E-state index is -3.71. The van der Waals surface area contributed by atoms with Crippen molar-refractivity contribution >= 4 is 27.4 Å². The normalized spacial score (nSPS) is 13.4. The maximum absolute atomic E-state index is 12.8. The van der Waals surface area contributed by atoms with E-state index in [0.717, 1.165) is 0 Å². The van der Waals surface area contributed by atoms with Crippen LogP contribution < -0.4 is 0 Å². The lowest BCUT2D eigenvalue weighted by Gasteiger charge is -2.21. The number of nitrogens with zero attached hydrogens (tertiary/aromatic N) is 1. The Kier molecular flexibility index (Phi) is 6.78. The fraction of sp³-hybridized carbons (Fsp3) is 0.263. The first-order valence-corrected chi connectivity index (χ1v) is 10.0. The fourth-order valence-corrected chi connectivity index (χ4v) is 4.34. The van der Waals surface area contributed by atoms with Gasteiger partial charge in [-0.2, -0.15) is 5.26 Å². The molecule has 0 amide bonds. The van der Waals surface area contributed by atoms with E-state index in [9.17, 15) is 18.5 Å². The molecule has 0 spiro atoms. The summed E-state index contributed by atoms with van der Waals surface area (Å²) in [4.78, 5) is 12.4. The summed E-state index contributed by atoms with van der Waals surface area (Å²) in [6.45, 7) is 1.74. The Morgan fingerprint density at radius 3 is 2.31 bits per heavy atom. The van der Waals surface area contributed by atoms with Crippen molar-refractivity contribution < 1.29 is 17.9 Å². The highest BCUT2D eigenvalue weighted by Crippen LogP contribution is 2.30. The fourth-order valence-electron chi connectivity index (χ4n) is 2.59. The van der Waals surface area contributed by atoms with Crippen LogP contribution in [0.5, 0.6) is 0 Å². The van der Waals surface area contributed by atoms with Gasteiger partial charge in [-0.15, -0.1) is 0 Å². The largest absolute Gasteiger partial charge is 0.465 e. The molecule has 0 heterocycles. The topological polar surface area (TPSA) is 84.2 Å². The molecule has 0 fully saturated rings. The monoisotopic (exact) mass is 391 g/mol. The molecule has 5 nitrogen and oxygen atoms in total. The first-order valence-electron chi connectivity index (χ1n) is 7.98. The number of carbonyl (C=O) groups is 1. The third-order valence-electron chi connectivity index (χ3n) is 3.88. The van der Waals surface area contributed by atoms with Gasteiger partial charge in [0.1, 0.15) is 0 Å². The molecule has 2 aromatic rings. The minimum Gasteiger partial charge on any atom is -0.465 e. The first-order chi connectivity index (χ1) is 12.4. The molecule has 7 heteroatoms. The van der Waals surface area contributed by atoms with Crippen LogP contribution in [0, 0.1) is 17.2 Å². The zero-order valence-corrected chi connectivity index (χ0v) is 15.7. The first kappa shape index (κ1) is 20.0. The summed E-state index contributed by atoms with van der Waals surface area (Å²) in [5.41, 5.74) is 0.536. The summed E-state index contributed by atoms with van der Waals surface area (Å²) in [7, 11) is -3.71. The molecule has 0 radical (unpaired) electrons. The molecule has 0 aromatic heterocycles. The van der Waals surface area contributed by atoms with Crippen LogP contribution in [0.25, 0.3) is 0 Å². The van der Waals surface area contributed by atoms with E-state index in [2.05, 4.69) is 0 Å². The zero-order valence-electron chi connectivity index (χ0n) is 14.1. The number of sulfone groups is 1. The van der Waals surface area contributed by atoms with Gasteiger partial charge >= 0.3 is 5.97 Å².